The van der Waals surface area contributed by atoms with Gasteiger partial charge in [-0.05, 0) is 63.8 Å². The van der Waals surface area contributed by atoms with Gasteiger partial charge in [0.25, 0.3) is 0 Å². The molecule has 1 saturated carbocycles. The van der Waals surface area contributed by atoms with Gasteiger partial charge >= 0.3 is 0 Å². The molecular formula is C14H25N. The largest absolute Gasteiger partial charge is 0.314 e. The van der Waals surface area contributed by atoms with E-state index >= 15 is 0 Å². The van der Waals surface area contributed by atoms with E-state index in [1.165, 1.54) is 57.9 Å². The monoisotopic (exact) mass is 207 g/mol. The Morgan fingerprint density at radius 1 is 1.33 bits per heavy atom. The van der Waals surface area contributed by atoms with Gasteiger partial charge in [0.1, 0.15) is 0 Å². The highest BCUT2D eigenvalue weighted by molar-refractivity contribution is 5.05. The van der Waals surface area contributed by atoms with Crippen molar-refractivity contribution in [3.63, 3.8) is 0 Å². The zero-order valence-corrected chi connectivity index (χ0v) is 10.1. The second-order valence-corrected chi connectivity index (χ2v) is 5.43. The molecule has 86 valence electrons. The van der Waals surface area contributed by atoms with Gasteiger partial charge in [-0.2, -0.15) is 0 Å². The summed E-state index contributed by atoms with van der Waals surface area (Å²) in [5, 5.41) is 3.72. The average Bonchev–Trinajstić information content (AvgIpc) is 2.66. The van der Waals surface area contributed by atoms with Gasteiger partial charge < -0.3 is 5.32 Å². The van der Waals surface area contributed by atoms with Crippen LogP contribution in [0.2, 0.25) is 0 Å². The summed E-state index contributed by atoms with van der Waals surface area (Å²) in [6, 6.07) is 0.823. The highest BCUT2D eigenvalue weighted by Gasteiger charge is 2.20. The van der Waals surface area contributed by atoms with Crippen LogP contribution in [0.1, 0.15) is 58.3 Å². The molecule has 2 aliphatic rings. The third-order valence-corrected chi connectivity index (χ3v) is 3.96. The molecular weight excluding hydrogens is 182 g/mol. The maximum atomic E-state index is 3.72. The fourth-order valence-corrected chi connectivity index (χ4v) is 2.96. The maximum Gasteiger partial charge on any atom is 0.00698 e. The highest BCUT2D eigenvalue weighted by atomic mass is 14.9. The summed E-state index contributed by atoms with van der Waals surface area (Å²) >= 11 is 0. The quantitative estimate of drug-likeness (QED) is 0.694. The van der Waals surface area contributed by atoms with Crippen molar-refractivity contribution in [3.8, 4) is 0 Å². The van der Waals surface area contributed by atoms with Gasteiger partial charge in [0.15, 0.2) is 0 Å². The third kappa shape index (κ3) is 3.64. The average molecular weight is 207 g/mol. The minimum atomic E-state index is 0.823. The van der Waals surface area contributed by atoms with E-state index in [0.717, 1.165) is 12.0 Å². The summed E-state index contributed by atoms with van der Waals surface area (Å²) < 4.78 is 0. The van der Waals surface area contributed by atoms with Gasteiger partial charge in [-0.1, -0.05) is 18.6 Å². The molecule has 1 N–H and O–H groups in total. The zero-order valence-electron chi connectivity index (χ0n) is 10.1. The standard InChI is InChI=1S/C14H25N/c1-12-7-8-14(11-12)15-10-9-13-5-3-2-4-6-13/h5,12,14-15H,2-4,6-11H2,1H3/t12-,14-/m0/s1. The van der Waals surface area contributed by atoms with Crippen molar-refractivity contribution in [2.45, 2.75) is 64.3 Å². The van der Waals surface area contributed by atoms with E-state index in [0.29, 0.717) is 0 Å². The predicted octanol–water partition coefficient (Wildman–Crippen LogP) is 3.66. The fourth-order valence-electron chi connectivity index (χ4n) is 2.96. The van der Waals surface area contributed by atoms with Crippen LogP contribution in [0.5, 0.6) is 0 Å². The number of rotatable bonds is 4. The molecule has 2 aliphatic carbocycles. The Balaban J connectivity index is 1.60. The molecule has 0 unspecified atom stereocenters. The summed E-state index contributed by atoms with van der Waals surface area (Å²) in [4.78, 5) is 0. The van der Waals surface area contributed by atoms with Crippen LogP contribution in [-0.2, 0) is 0 Å². The van der Waals surface area contributed by atoms with Gasteiger partial charge in [0.05, 0.1) is 0 Å². The lowest BCUT2D eigenvalue weighted by Crippen LogP contribution is -2.27. The first-order chi connectivity index (χ1) is 7.34. The molecule has 0 heterocycles. The van der Waals surface area contributed by atoms with E-state index < -0.39 is 0 Å². The van der Waals surface area contributed by atoms with Crippen molar-refractivity contribution in [3.05, 3.63) is 11.6 Å². The molecule has 0 spiro atoms. The van der Waals surface area contributed by atoms with E-state index in [9.17, 15) is 0 Å². The molecule has 0 aromatic rings. The van der Waals surface area contributed by atoms with Crippen molar-refractivity contribution < 1.29 is 0 Å². The maximum absolute atomic E-state index is 3.72. The van der Waals surface area contributed by atoms with Crippen LogP contribution in [0.3, 0.4) is 0 Å². The SMILES string of the molecule is C[C@H]1CC[C@H](NCCC2=CCCCC2)C1. The summed E-state index contributed by atoms with van der Waals surface area (Å²) in [6.07, 6.45) is 13.5. The van der Waals surface area contributed by atoms with Crippen LogP contribution in [0.15, 0.2) is 11.6 Å². The Labute approximate surface area is 94.3 Å². The third-order valence-electron chi connectivity index (χ3n) is 3.96. The minimum Gasteiger partial charge on any atom is -0.314 e. The molecule has 1 fully saturated rings. The Kier molecular flexibility index (Phi) is 4.25. The van der Waals surface area contributed by atoms with Gasteiger partial charge in [-0.25, -0.2) is 0 Å². The van der Waals surface area contributed by atoms with Crippen molar-refractivity contribution in [1.82, 2.24) is 5.32 Å². The Bertz CT molecular complexity index is 219. The van der Waals surface area contributed by atoms with E-state index in [1.54, 1.807) is 5.57 Å². The first kappa shape index (κ1) is 11.2. The summed E-state index contributed by atoms with van der Waals surface area (Å²) in [7, 11) is 0. The molecule has 2 atom stereocenters. The normalized spacial score (nSPS) is 31.7. The highest BCUT2D eigenvalue weighted by Crippen LogP contribution is 2.25. The molecule has 0 radical (unpaired) electrons. The second kappa shape index (κ2) is 5.69. The molecule has 1 heteroatoms. The minimum absolute atomic E-state index is 0.823. The van der Waals surface area contributed by atoms with Gasteiger partial charge in [0, 0.05) is 6.04 Å². The molecule has 0 aromatic carbocycles. The summed E-state index contributed by atoms with van der Waals surface area (Å²) in [5.74, 6) is 0.955. The topological polar surface area (TPSA) is 12.0 Å². The molecule has 1 nitrogen and oxygen atoms in total. The lowest BCUT2D eigenvalue weighted by Gasteiger charge is -2.15. The van der Waals surface area contributed by atoms with E-state index in [2.05, 4.69) is 18.3 Å². The summed E-state index contributed by atoms with van der Waals surface area (Å²) in [5.41, 5.74) is 1.71. The first-order valence-electron chi connectivity index (χ1n) is 6.76. The smallest absolute Gasteiger partial charge is 0.00698 e. The van der Waals surface area contributed by atoms with Gasteiger partial charge in [-0.15, -0.1) is 0 Å². The first-order valence-corrected chi connectivity index (χ1v) is 6.76. The lowest BCUT2D eigenvalue weighted by molar-refractivity contribution is 0.500. The Hall–Kier alpha value is -0.300. The molecule has 0 aliphatic heterocycles. The van der Waals surface area contributed by atoms with E-state index in [4.69, 9.17) is 0 Å². The molecule has 0 amide bonds. The van der Waals surface area contributed by atoms with Crippen molar-refractivity contribution in [2.75, 3.05) is 6.54 Å². The van der Waals surface area contributed by atoms with Crippen LogP contribution in [-0.4, -0.2) is 12.6 Å². The molecule has 0 saturated heterocycles. The van der Waals surface area contributed by atoms with Gasteiger partial charge in [-0.3, -0.25) is 0 Å². The van der Waals surface area contributed by atoms with Crippen molar-refractivity contribution in [1.29, 1.82) is 0 Å². The molecule has 2 rings (SSSR count). The number of hydrogen-bond acceptors (Lipinski definition) is 1. The van der Waals surface area contributed by atoms with E-state index in [1.807, 2.05) is 0 Å². The number of nitrogens with one attached hydrogen (secondary N) is 1. The summed E-state index contributed by atoms with van der Waals surface area (Å²) in [6.45, 7) is 3.59. The van der Waals surface area contributed by atoms with Crippen molar-refractivity contribution >= 4 is 0 Å². The molecule has 0 aromatic heterocycles. The van der Waals surface area contributed by atoms with Crippen LogP contribution >= 0.6 is 0 Å². The van der Waals surface area contributed by atoms with Crippen LogP contribution < -0.4 is 5.32 Å². The zero-order chi connectivity index (χ0) is 10.5. The van der Waals surface area contributed by atoms with E-state index in [-0.39, 0.29) is 0 Å². The number of allylic oxidation sites excluding steroid dienone is 1. The lowest BCUT2D eigenvalue weighted by atomic mass is 9.97. The molecule has 15 heavy (non-hydrogen) atoms. The Morgan fingerprint density at radius 3 is 2.93 bits per heavy atom. The fraction of sp³-hybridized carbons (Fsp3) is 0.857. The van der Waals surface area contributed by atoms with Crippen LogP contribution in [0.4, 0.5) is 0 Å². The predicted molar refractivity (Wildman–Crippen MR) is 66.0 cm³/mol. The second-order valence-electron chi connectivity index (χ2n) is 5.43. The van der Waals surface area contributed by atoms with Gasteiger partial charge in [0.2, 0.25) is 0 Å². The number of hydrogen-bond donors (Lipinski definition) is 1. The molecule has 0 bridgehead atoms. The van der Waals surface area contributed by atoms with Crippen molar-refractivity contribution in [2.24, 2.45) is 5.92 Å². The van der Waals surface area contributed by atoms with Crippen LogP contribution in [0, 0.1) is 5.92 Å². The van der Waals surface area contributed by atoms with Crippen LogP contribution in [0.25, 0.3) is 0 Å². The Morgan fingerprint density at radius 2 is 2.27 bits per heavy atom.